The molecule has 2 nitrogen and oxygen atoms in total. The molecule has 0 aliphatic carbocycles. The van der Waals surface area contributed by atoms with E-state index in [-0.39, 0.29) is 0 Å². The van der Waals surface area contributed by atoms with Gasteiger partial charge in [-0.15, -0.1) is 0 Å². The standard InChI is InChI=1S/C17H26N2/c1-13-9-14(2)12-19(11-13)8-6-15-3-4-17-16(10-15)5-7-18-17/h3-4,10,13-14,18H,5-9,11-12H2,1-2H3. The van der Waals surface area contributed by atoms with Gasteiger partial charge in [0, 0.05) is 31.9 Å². The molecule has 1 saturated heterocycles. The van der Waals surface area contributed by atoms with Gasteiger partial charge in [-0.05, 0) is 48.3 Å². The van der Waals surface area contributed by atoms with Crippen LogP contribution >= 0.6 is 0 Å². The third-order valence-corrected chi connectivity index (χ3v) is 4.54. The normalized spacial score (nSPS) is 27.1. The van der Waals surface area contributed by atoms with Crippen LogP contribution in [0.3, 0.4) is 0 Å². The van der Waals surface area contributed by atoms with E-state index >= 15 is 0 Å². The van der Waals surface area contributed by atoms with Gasteiger partial charge < -0.3 is 10.2 Å². The highest BCUT2D eigenvalue weighted by molar-refractivity contribution is 5.56. The Morgan fingerprint density at radius 3 is 2.79 bits per heavy atom. The summed E-state index contributed by atoms with van der Waals surface area (Å²) in [4.78, 5) is 2.66. The number of rotatable bonds is 3. The van der Waals surface area contributed by atoms with E-state index in [1.165, 1.54) is 55.7 Å². The lowest BCUT2D eigenvalue weighted by Gasteiger charge is -2.35. The van der Waals surface area contributed by atoms with Crippen molar-refractivity contribution in [3.05, 3.63) is 29.3 Å². The molecule has 2 aliphatic rings. The molecule has 2 atom stereocenters. The number of hydrogen-bond acceptors (Lipinski definition) is 2. The van der Waals surface area contributed by atoms with E-state index in [0.29, 0.717) is 0 Å². The van der Waals surface area contributed by atoms with Crippen LogP contribution in [0.15, 0.2) is 18.2 Å². The Morgan fingerprint density at radius 2 is 2.00 bits per heavy atom. The molecule has 0 aromatic heterocycles. The van der Waals surface area contributed by atoms with E-state index in [9.17, 15) is 0 Å². The average molecular weight is 258 g/mol. The second-order valence-corrected chi connectivity index (χ2v) is 6.62. The number of nitrogens with zero attached hydrogens (tertiary/aromatic N) is 1. The van der Waals surface area contributed by atoms with Crippen LogP contribution in [0.4, 0.5) is 5.69 Å². The van der Waals surface area contributed by atoms with Gasteiger partial charge in [0.15, 0.2) is 0 Å². The van der Waals surface area contributed by atoms with Crippen molar-refractivity contribution in [2.75, 3.05) is 31.5 Å². The van der Waals surface area contributed by atoms with Gasteiger partial charge in [0.1, 0.15) is 0 Å². The number of hydrogen-bond donors (Lipinski definition) is 1. The van der Waals surface area contributed by atoms with Crippen LogP contribution in [0.1, 0.15) is 31.4 Å². The number of anilines is 1. The summed E-state index contributed by atoms with van der Waals surface area (Å²) < 4.78 is 0. The van der Waals surface area contributed by atoms with Crippen LogP contribution in [0, 0.1) is 11.8 Å². The molecule has 0 radical (unpaired) electrons. The van der Waals surface area contributed by atoms with Crippen LogP contribution in [-0.2, 0) is 12.8 Å². The zero-order valence-electron chi connectivity index (χ0n) is 12.3. The Bertz CT molecular complexity index is 431. The molecule has 1 aromatic rings. The van der Waals surface area contributed by atoms with Crippen molar-refractivity contribution in [1.82, 2.24) is 4.90 Å². The molecule has 0 spiro atoms. The largest absolute Gasteiger partial charge is 0.384 e. The molecule has 2 heterocycles. The first-order valence-corrected chi connectivity index (χ1v) is 7.79. The molecule has 2 unspecified atom stereocenters. The predicted molar refractivity (Wildman–Crippen MR) is 81.7 cm³/mol. The van der Waals surface area contributed by atoms with Gasteiger partial charge in [-0.3, -0.25) is 0 Å². The summed E-state index contributed by atoms with van der Waals surface area (Å²) >= 11 is 0. The lowest BCUT2D eigenvalue weighted by Crippen LogP contribution is -2.39. The minimum atomic E-state index is 0.868. The van der Waals surface area contributed by atoms with Crippen LogP contribution < -0.4 is 5.32 Å². The van der Waals surface area contributed by atoms with Crippen LogP contribution in [-0.4, -0.2) is 31.1 Å². The van der Waals surface area contributed by atoms with Gasteiger partial charge in [-0.2, -0.15) is 0 Å². The minimum Gasteiger partial charge on any atom is -0.384 e. The van der Waals surface area contributed by atoms with Gasteiger partial charge in [0.25, 0.3) is 0 Å². The van der Waals surface area contributed by atoms with E-state index in [1.54, 1.807) is 0 Å². The fraction of sp³-hybridized carbons (Fsp3) is 0.647. The molecule has 0 amide bonds. The Morgan fingerprint density at radius 1 is 1.21 bits per heavy atom. The molecule has 0 saturated carbocycles. The highest BCUT2D eigenvalue weighted by Gasteiger charge is 2.21. The summed E-state index contributed by atoms with van der Waals surface area (Å²) in [6.45, 7) is 9.70. The summed E-state index contributed by atoms with van der Waals surface area (Å²) in [7, 11) is 0. The smallest absolute Gasteiger partial charge is 0.0373 e. The summed E-state index contributed by atoms with van der Waals surface area (Å²) in [5, 5.41) is 3.43. The quantitative estimate of drug-likeness (QED) is 0.896. The number of likely N-dealkylation sites (tertiary alicyclic amines) is 1. The molecule has 3 rings (SSSR count). The van der Waals surface area contributed by atoms with Gasteiger partial charge in [0.05, 0.1) is 0 Å². The van der Waals surface area contributed by atoms with E-state index < -0.39 is 0 Å². The first-order valence-electron chi connectivity index (χ1n) is 7.79. The SMILES string of the molecule is CC1CC(C)CN(CCc2ccc3c(c2)CCN3)C1. The lowest BCUT2D eigenvalue weighted by atomic mass is 9.91. The summed E-state index contributed by atoms with van der Waals surface area (Å²) in [5.74, 6) is 1.74. The minimum absolute atomic E-state index is 0.868. The van der Waals surface area contributed by atoms with Crippen molar-refractivity contribution >= 4 is 5.69 Å². The molecule has 1 fully saturated rings. The summed E-state index contributed by atoms with van der Waals surface area (Å²) in [5.41, 5.74) is 4.37. The third-order valence-electron chi connectivity index (χ3n) is 4.54. The topological polar surface area (TPSA) is 15.3 Å². The Kier molecular flexibility index (Phi) is 3.79. The first-order chi connectivity index (χ1) is 9.20. The van der Waals surface area contributed by atoms with E-state index in [2.05, 4.69) is 42.3 Å². The van der Waals surface area contributed by atoms with Crippen molar-refractivity contribution in [3.63, 3.8) is 0 Å². The average Bonchev–Trinajstić information content (AvgIpc) is 2.82. The maximum Gasteiger partial charge on any atom is 0.0373 e. The summed E-state index contributed by atoms with van der Waals surface area (Å²) in [6, 6.07) is 6.97. The molecule has 2 aliphatic heterocycles. The van der Waals surface area contributed by atoms with E-state index in [4.69, 9.17) is 0 Å². The Hall–Kier alpha value is -1.02. The second kappa shape index (κ2) is 5.54. The van der Waals surface area contributed by atoms with E-state index in [1.807, 2.05) is 0 Å². The number of nitrogens with one attached hydrogen (secondary N) is 1. The molecular formula is C17H26N2. The molecule has 2 heteroatoms. The Balaban J connectivity index is 1.57. The molecule has 104 valence electrons. The van der Waals surface area contributed by atoms with Gasteiger partial charge in [-0.1, -0.05) is 26.0 Å². The van der Waals surface area contributed by atoms with Crippen LogP contribution in [0.5, 0.6) is 0 Å². The molecule has 19 heavy (non-hydrogen) atoms. The number of piperidine rings is 1. The second-order valence-electron chi connectivity index (χ2n) is 6.62. The van der Waals surface area contributed by atoms with Crippen molar-refractivity contribution in [2.24, 2.45) is 11.8 Å². The van der Waals surface area contributed by atoms with Crippen LogP contribution in [0.2, 0.25) is 0 Å². The maximum absolute atomic E-state index is 3.43. The lowest BCUT2D eigenvalue weighted by molar-refractivity contribution is 0.142. The highest BCUT2D eigenvalue weighted by atomic mass is 15.1. The monoisotopic (exact) mass is 258 g/mol. The third kappa shape index (κ3) is 3.11. The van der Waals surface area contributed by atoms with Gasteiger partial charge >= 0.3 is 0 Å². The van der Waals surface area contributed by atoms with Crippen LogP contribution in [0.25, 0.3) is 0 Å². The molecule has 1 aromatic carbocycles. The fourth-order valence-corrected chi connectivity index (χ4v) is 3.78. The van der Waals surface area contributed by atoms with Crippen molar-refractivity contribution < 1.29 is 0 Å². The molecule has 1 N–H and O–H groups in total. The van der Waals surface area contributed by atoms with Crippen molar-refractivity contribution in [1.29, 1.82) is 0 Å². The maximum atomic E-state index is 3.43. The zero-order valence-corrected chi connectivity index (χ0v) is 12.3. The number of fused-ring (bicyclic) bond motifs is 1. The fourth-order valence-electron chi connectivity index (χ4n) is 3.78. The van der Waals surface area contributed by atoms with Gasteiger partial charge in [-0.25, -0.2) is 0 Å². The highest BCUT2D eigenvalue weighted by Crippen LogP contribution is 2.24. The number of benzene rings is 1. The summed E-state index contributed by atoms with van der Waals surface area (Å²) in [6.07, 6.45) is 3.80. The Labute approximate surface area is 117 Å². The van der Waals surface area contributed by atoms with E-state index in [0.717, 1.165) is 18.4 Å². The first kappa shape index (κ1) is 13.0. The van der Waals surface area contributed by atoms with Crippen molar-refractivity contribution in [2.45, 2.75) is 33.1 Å². The molecule has 0 bridgehead atoms. The van der Waals surface area contributed by atoms with Crippen molar-refractivity contribution in [3.8, 4) is 0 Å². The zero-order chi connectivity index (χ0) is 13.2. The predicted octanol–water partition coefficient (Wildman–Crippen LogP) is 3.18. The van der Waals surface area contributed by atoms with Gasteiger partial charge in [0.2, 0.25) is 0 Å². The molecular weight excluding hydrogens is 232 g/mol.